The number of esters is 1. The van der Waals surface area contributed by atoms with Crippen LogP contribution in [0.2, 0.25) is 0 Å². The summed E-state index contributed by atoms with van der Waals surface area (Å²) in [5.41, 5.74) is 3.39. The van der Waals surface area contributed by atoms with Gasteiger partial charge in [0.15, 0.2) is 5.58 Å². The third-order valence-corrected chi connectivity index (χ3v) is 3.30. The zero-order valence-corrected chi connectivity index (χ0v) is 12.1. The van der Waals surface area contributed by atoms with Crippen LogP contribution in [0.15, 0.2) is 47.0 Å². The van der Waals surface area contributed by atoms with Gasteiger partial charge in [-0.05, 0) is 30.7 Å². The van der Waals surface area contributed by atoms with Gasteiger partial charge in [0.2, 0.25) is 0 Å². The number of furan rings is 1. The number of carbonyl (C=O) groups excluding carboxylic acids is 1. The molecule has 1 N–H and O–H groups in total. The van der Waals surface area contributed by atoms with Crippen molar-refractivity contribution < 1.29 is 19.1 Å². The molecule has 3 rings (SSSR count). The first-order valence-electron chi connectivity index (χ1n) is 6.98. The molecule has 1 aromatic carbocycles. The molecule has 2 heterocycles. The van der Waals surface area contributed by atoms with Crippen molar-refractivity contribution in [1.29, 1.82) is 0 Å². The van der Waals surface area contributed by atoms with Gasteiger partial charge in [-0.3, -0.25) is 4.98 Å². The lowest BCUT2D eigenvalue weighted by Crippen LogP contribution is -2.04. The molecule has 0 aliphatic heterocycles. The number of carbonyl (C=O) groups is 1. The van der Waals surface area contributed by atoms with Crippen molar-refractivity contribution in [3.05, 3.63) is 53.9 Å². The Morgan fingerprint density at radius 3 is 2.95 bits per heavy atom. The largest absolute Gasteiger partial charge is 0.462 e. The molecule has 22 heavy (non-hydrogen) atoms. The molecule has 0 atom stereocenters. The Kier molecular flexibility index (Phi) is 3.89. The average Bonchev–Trinajstić information content (AvgIpc) is 2.98. The van der Waals surface area contributed by atoms with Gasteiger partial charge in [-0.2, -0.15) is 0 Å². The van der Waals surface area contributed by atoms with E-state index in [1.165, 1.54) is 0 Å². The molecule has 0 spiro atoms. The molecular weight excluding hydrogens is 282 g/mol. The highest BCUT2D eigenvalue weighted by Crippen LogP contribution is 2.30. The summed E-state index contributed by atoms with van der Waals surface area (Å²) in [6, 6.07) is 10.7. The highest BCUT2D eigenvalue weighted by Gasteiger charge is 2.13. The van der Waals surface area contributed by atoms with Crippen LogP contribution in [0.5, 0.6) is 0 Å². The van der Waals surface area contributed by atoms with Gasteiger partial charge in [0.1, 0.15) is 17.9 Å². The van der Waals surface area contributed by atoms with E-state index in [4.69, 9.17) is 9.15 Å². The third kappa shape index (κ3) is 2.58. The Hall–Kier alpha value is -2.66. The molecule has 0 saturated carbocycles. The number of hydrogen-bond donors (Lipinski definition) is 1. The number of aliphatic hydroxyl groups is 1. The summed E-state index contributed by atoms with van der Waals surface area (Å²) in [4.78, 5) is 16.1. The molecular formula is C17H15NO4. The molecule has 3 aromatic rings. The maximum absolute atomic E-state index is 11.9. The van der Waals surface area contributed by atoms with Crippen molar-refractivity contribution in [2.24, 2.45) is 0 Å². The zero-order chi connectivity index (χ0) is 15.5. The fourth-order valence-corrected chi connectivity index (χ4v) is 2.32. The standard InChI is InChI=1S/C17H15NO4/c1-2-21-17(20)12-5-3-4-11(8-12)14-6-7-18-15-9-13(10-19)22-16(14)15/h3-9,19H,2,10H2,1H3. The number of rotatable bonds is 4. The van der Waals surface area contributed by atoms with E-state index >= 15 is 0 Å². The quantitative estimate of drug-likeness (QED) is 0.749. The van der Waals surface area contributed by atoms with E-state index in [9.17, 15) is 9.90 Å². The Balaban J connectivity index is 2.09. The van der Waals surface area contributed by atoms with E-state index in [2.05, 4.69) is 4.98 Å². The van der Waals surface area contributed by atoms with Crippen LogP contribution in [0.25, 0.3) is 22.2 Å². The number of aliphatic hydroxyl groups excluding tert-OH is 1. The molecule has 0 radical (unpaired) electrons. The third-order valence-electron chi connectivity index (χ3n) is 3.30. The van der Waals surface area contributed by atoms with Gasteiger partial charge in [-0.1, -0.05) is 12.1 Å². The first-order chi connectivity index (χ1) is 10.7. The molecule has 5 nitrogen and oxygen atoms in total. The van der Waals surface area contributed by atoms with Crippen molar-refractivity contribution in [3.8, 4) is 11.1 Å². The van der Waals surface area contributed by atoms with Crippen LogP contribution in [0.1, 0.15) is 23.0 Å². The second-order valence-corrected chi connectivity index (χ2v) is 4.74. The van der Waals surface area contributed by atoms with E-state index < -0.39 is 0 Å². The molecule has 0 aliphatic rings. The van der Waals surface area contributed by atoms with Gasteiger partial charge in [0.25, 0.3) is 0 Å². The highest BCUT2D eigenvalue weighted by molar-refractivity contribution is 5.94. The fraction of sp³-hybridized carbons (Fsp3) is 0.176. The van der Waals surface area contributed by atoms with Gasteiger partial charge in [-0.15, -0.1) is 0 Å². The summed E-state index contributed by atoms with van der Waals surface area (Å²) in [5, 5.41) is 9.19. The van der Waals surface area contributed by atoms with Crippen molar-refractivity contribution in [3.63, 3.8) is 0 Å². The summed E-state index contributed by atoms with van der Waals surface area (Å²) in [6.07, 6.45) is 1.67. The van der Waals surface area contributed by atoms with Crippen LogP contribution in [0.4, 0.5) is 0 Å². The second-order valence-electron chi connectivity index (χ2n) is 4.74. The van der Waals surface area contributed by atoms with Crippen molar-refractivity contribution >= 4 is 17.1 Å². The molecule has 0 fully saturated rings. The number of benzene rings is 1. The van der Waals surface area contributed by atoms with Gasteiger partial charge >= 0.3 is 5.97 Å². The average molecular weight is 297 g/mol. The van der Waals surface area contributed by atoms with E-state index in [1.54, 1.807) is 37.4 Å². The lowest BCUT2D eigenvalue weighted by Gasteiger charge is -2.06. The van der Waals surface area contributed by atoms with Crippen molar-refractivity contribution in [2.45, 2.75) is 13.5 Å². The van der Waals surface area contributed by atoms with Crippen LogP contribution >= 0.6 is 0 Å². The summed E-state index contributed by atoms with van der Waals surface area (Å²) in [5.74, 6) is 0.0987. The first kappa shape index (κ1) is 14.3. The fourth-order valence-electron chi connectivity index (χ4n) is 2.32. The van der Waals surface area contributed by atoms with E-state index in [0.29, 0.717) is 29.0 Å². The number of hydrogen-bond acceptors (Lipinski definition) is 5. The van der Waals surface area contributed by atoms with Crippen LogP contribution < -0.4 is 0 Å². The van der Waals surface area contributed by atoms with Crippen LogP contribution in [0, 0.1) is 0 Å². The maximum Gasteiger partial charge on any atom is 0.338 e. The number of aromatic nitrogens is 1. The SMILES string of the molecule is CCOC(=O)c1cccc(-c2ccnc3cc(CO)oc23)c1. The van der Waals surface area contributed by atoms with Crippen LogP contribution in [-0.4, -0.2) is 22.7 Å². The highest BCUT2D eigenvalue weighted by atomic mass is 16.5. The number of fused-ring (bicyclic) bond motifs is 1. The lowest BCUT2D eigenvalue weighted by atomic mass is 10.0. The summed E-state index contributed by atoms with van der Waals surface area (Å²) >= 11 is 0. The van der Waals surface area contributed by atoms with Gasteiger partial charge < -0.3 is 14.3 Å². The van der Waals surface area contributed by atoms with Crippen LogP contribution in [0.3, 0.4) is 0 Å². The van der Waals surface area contributed by atoms with Gasteiger partial charge in [0, 0.05) is 17.8 Å². The normalized spacial score (nSPS) is 10.8. The molecule has 0 saturated heterocycles. The summed E-state index contributed by atoms with van der Waals surface area (Å²) in [6.45, 7) is 1.92. The number of ether oxygens (including phenoxy) is 1. The molecule has 5 heteroatoms. The lowest BCUT2D eigenvalue weighted by molar-refractivity contribution is 0.0526. The Labute approximate surface area is 127 Å². The summed E-state index contributed by atoms with van der Waals surface area (Å²) < 4.78 is 10.6. The zero-order valence-electron chi connectivity index (χ0n) is 12.1. The second kappa shape index (κ2) is 5.99. The van der Waals surface area contributed by atoms with Crippen LogP contribution in [-0.2, 0) is 11.3 Å². The molecule has 0 unspecified atom stereocenters. The smallest absolute Gasteiger partial charge is 0.338 e. The number of pyridine rings is 1. The number of nitrogens with zero attached hydrogens (tertiary/aromatic N) is 1. The van der Waals surface area contributed by atoms with Gasteiger partial charge in [-0.25, -0.2) is 4.79 Å². The van der Waals surface area contributed by atoms with E-state index in [0.717, 1.165) is 11.1 Å². The molecule has 0 amide bonds. The Morgan fingerprint density at radius 2 is 2.18 bits per heavy atom. The van der Waals surface area contributed by atoms with Gasteiger partial charge in [0.05, 0.1) is 12.2 Å². The van der Waals surface area contributed by atoms with Crippen molar-refractivity contribution in [2.75, 3.05) is 6.61 Å². The minimum absolute atomic E-state index is 0.182. The van der Waals surface area contributed by atoms with E-state index in [-0.39, 0.29) is 12.6 Å². The minimum Gasteiger partial charge on any atom is -0.462 e. The molecule has 2 aromatic heterocycles. The minimum atomic E-state index is -0.356. The first-order valence-corrected chi connectivity index (χ1v) is 6.98. The van der Waals surface area contributed by atoms with E-state index in [1.807, 2.05) is 12.1 Å². The predicted octanol–water partition coefficient (Wildman–Crippen LogP) is 3.16. The Bertz CT molecular complexity index is 822. The molecule has 0 bridgehead atoms. The summed E-state index contributed by atoms with van der Waals surface area (Å²) in [7, 11) is 0. The monoisotopic (exact) mass is 297 g/mol. The Morgan fingerprint density at radius 1 is 1.32 bits per heavy atom. The predicted molar refractivity (Wildman–Crippen MR) is 81.3 cm³/mol. The molecule has 0 aliphatic carbocycles. The molecule has 112 valence electrons. The topological polar surface area (TPSA) is 72.6 Å². The van der Waals surface area contributed by atoms with Crippen molar-refractivity contribution in [1.82, 2.24) is 4.98 Å². The maximum atomic E-state index is 11.9.